The van der Waals surface area contributed by atoms with E-state index in [1.807, 2.05) is 7.05 Å². The van der Waals surface area contributed by atoms with E-state index in [4.69, 9.17) is 0 Å². The smallest absolute Gasteiger partial charge is 0.251 e. The minimum absolute atomic E-state index is 0.0669. The molecule has 4 nitrogen and oxygen atoms in total. The summed E-state index contributed by atoms with van der Waals surface area (Å²) in [5.74, 6) is -0.0669. The van der Waals surface area contributed by atoms with E-state index in [0.717, 1.165) is 25.8 Å². The number of nitrogens with one attached hydrogen (secondary N) is 1. The van der Waals surface area contributed by atoms with E-state index in [9.17, 15) is 9.59 Å². The molecular formula is C13H16N2O2. The summed E-state index contributed by atoms with van der Waals surface area (Å²) < 4.78 is 0. The van der Waals surface area contributed by atoms with E-state index < -0.39 is 0 Å². The standard InChI is InChI=1S/C13H16N2O2/c1-15-7-6-12(8-15)14-13(17)11-4-2-10(9-16)3-5-11/h2-5,9,12H,6-8H2,1H3,(H,14,17). The van der Waals surface area contributed by atoms with Gasteiger partial charge in [0.15, 0.2) is 0 Å². The maximum atomic E-state index is 11.9. The lowest BCUT2D eigenvalue weighted by Crippen LogP contribution is -2.36. The van der Waals surface area contributed by atoms with Crippen LogP contribution in [-0.2, 0) is 0 Å². The van der Waals surface area contributed by atoms with Crippen LogP contribution in [0.15, 0.2) is 24.3 Å². The zero-order valence-electron chi connectivity index (χ0n) is 9.85. The molecular weight excluding hydrogens is 216 g/mol. The zero-order chi connectivity index (χ0) is 12.3. The van der Waals surface area contributed by atoms with Gasteiger partial charge >= 0.3 is 0 Å². The first-order valence-corrected chi connectivity index (χ1v) is 5.73. The molecule has 0 aromatic heterocycles. The molecule has 0 bridgehead atoms. The Hall–Kier alpha value is -1.68. The highest BCUT2D eigenvalue weighted by Gasteiger charge is 2.21. The second-order valence-electron chi connectivity index (χ2n) is 4.46. The average Bonchev–Trinajstić information content (AvgIpc) is 2.75. The Morgan fingerprint density at radius 3 is 2.65 bits per heavy atom. The van der Waals surface area contributed by atoms with Crippen molar-refractivity contribution in [2.24, 2.45) is 0 Å². The molecule has 0 aliphatic carbocycles. The molecule has 4 heteroatoms. The molecule has 1 aliphatic heterocycles. The van der Waals surface area contributed by atoms with Gasteiger partial charge in [0.1, 0.15) is 6.29 Å². The van der Waals surface area contributed by atoms with E-state index in [0.29, 0.717) is 11.1 Å². The van der Waals surface area contributed by atoms with Crippen molar-refractivity contribution >= 4 is 12.2 Å². The van der Waals surface area contributed by atoms with Crippen molar-refractivity contribution < 1.29 is 9.59 Å². The van der Waals surface area contributed by atoms with Gasteiger partial charge in [0.2, 0.25) is 0 Å². The van der Waals surface area contributed by atoms with Crippen LogP contribution in [0.3, 0.4) is 0 Å². The molecule has 1 aromatic rings. The number of likely N-dealkylation sites (tertiary alicyclic amines) is 1. The van der Waals surface area contributed by atoms with Crippen molar-refractivity contribution in [3.63, 3.8) is 0 Å². The predicted molar refractivity (Wildman–Crippen MR) is 65.2 cm³/mol. The quantitative estimate of drug-likeness (QED) is 0.789. The second-order valence-corrected chi connectivity index (χ2v) is 4.46. The lowest BCUT2D eigenvalue weighted by Gasteiger charge is -2.12. The third-order valence-corrected chi connectivity index (χ3v) is 3.04. The first-order chi connectivity index (χ1) is 8.19. The molecule has 0 spiro atoms. The second kappa shape index (κ2) is 5.10. The number of hydrogen-bond donors (Lipinski definition) is 1. The number of benzene rings is 1. The van der Waals surface area contributed by atoms with Gasteiger partial charge in [0.05, 0.1) is 0 Å². The van der Waals surface area contributed by atoms with Crippen LogP contribution >= 0.6 is 0 Å². The van der Waals surface area contributed by atoms with Gasteiger partial charge in [-0.1, -0.05) is 12.1 Å². The molecule has 0 saturated carbocycles. The third-order valence-electron chi connectivity index (χ3n) is 3.04. The Balaban J connectivity index is 1.97. The fourth-order valence-electron chi connectivity index (χ4n) is 2.03. The summed E-state index contributed by atoms with van der Waals surface area (Å²) in [4.78, 5) is 24.6. The molecule has 1 unspecified atom stereocenters. The van der Waals surface area contributed by atoms with Crippen LogP contribution < -0.4 is 5.32 Å². The third kappa shape index (κ3) is 2.91. The van der Waals surface area contributed by atoms with Crippen molar-refractivity contribution in [3.05, 3.63) is 35.4 Å². The van der Waals surface area contributed by atoms with Crippen molar-refractivity contribution in [1.82, 2.24) is 10.2 Å². The van der Waals surface area contributed by atoms with Gasteiger partial charge in [-0.25, -0.2) is 0 Å². The van der Waals surface area contributed by atoms with Crippen molar-refractivity contribution in [3.8, 4) is 0 Å². The van der Waals surface area contributed by atoms with Crippen LogP contribution in [0.5, 0.6) is 0 Å². The molecule has 1 fully saturated rings. The van der Waals surface area contributed by atoms with Crippen LogP contribution in [0, 0.1) is 0 Å². The summed E-state index contributed by atoms with van der Waals surface area (Å²) in [5, 5.41) is 2.99. The topological polar surface area (TPSA) is 49.4 Å². The fourth-order valence-corrected chi connectivity index (χ4v) is 2.03. The van der Waals surface area contributed by atoms with Gasteiger partial charge < -0.3 is 10.2 Å². The van der Waals surface area contributed by atoms with E-state index in [-0.39, 0.29) is 11.9 Å². The summed E-state index contributed by atoms with van der Waals surface area (Å²) in [7, 11) is 2.05. The minimum atomic E-state index is -0.0669. The van der Waals surface area contributed by atoms with Crippen LogP contribution in [-0.4, -0.2) is 43.3 Å². The highest BCUT2D eigenvalue weighted by Crippen LogP contribution is 2.08. The maximum absolute atomic E-state index is 11.9. The summed E-state index contributed by atoms with van der Waals surface area (Å²) in [5.41, 5.74) is 1.19. The average molecular weight is 232 g/mol. The number of nitrogens with zero attached hydrogens (tertiary/aromatic N) is 1. The predicted octanol–water partition coefficient (Wildman–Crippen LogP) is 0.933. The number of aldehydes is 1. The molecule has 1 aliphatic rings. The van der Waals surface area contributed by atoms with Crippen molar-refractivity contribution in [1.29, 1.82) is 0 Å². The van der Waals surface area contributed by atoms with Gasteiger partial charge in [0, 0.05) is 23.7 Å². The van der Waals surface area contributed by atoms with E-state index >= 15 is 0 Å². The summed E-state index contributed by atoms with van der Waals surface area (Å²) >= 11 is 0. The molecule has 1 saturated heterocycles. The van der Waals surface area contributed by atoms with Gasteiger partial charge in [-0.15, -0.1) is 0 Å². The van der Waals surface area contributed by atoms with Crippen LogP contribution in [0.2, 0.25) is 0 Å². The van der Waals surface area contributed by atoms with E-state index in [2.05, 4.69) is 10.2 Å². The first-order valence-electron chi connectivity index (χ1n) is 5.73. The fraction of sp³-hybridized carbons (Fsp3) is 0.385. The number of carbonyl (C=O) groups excluding carboxylic acids is 2. The van der Waals surface area contributed by atoms with Gasteiger partial charge in [-0.2, -0.15) is 0 Å². The normalized spacial score (nSPS) is 20.2. The first kappa shape index (κ1) is 11.8. The van der Waals surface area contributed by atoms with Gasteiger partial charge in [-0.3, -0.25) is 9.59 Å². The number of rotatable bonds is 3. The van der Waals surface area contributed by atoms with E-state index in [1.165, 1.54) is 0 Å². The number of likely N-dealkylation sites (N-methyl/N-ethyl adjacent to an activating group) is 1. The number of hydrogen-bond acceptors (Lipinski definition) is 3. The molecule has 90 valence electrons. The SMILES string of the molecule is CN1CCC(NC(=O)c2ccc(C=O)cc2)C1. The molecule has 1 heterocycles. The molecule has 2 rings (SSSR count). The number of amides is 1. The monoisotopic (exact) mass is 232 g/mol. The Kier molecular flexibility index (Phi) is 3.54. The lowest BCUT2D eigenvalue weighted by molar-refractivity contribution is 0.0937. The minimum Gasteiger partial charge on any atom is -0.348 e. The van der Waals surface area contributed by atoms with E-state index in [1.54, 1.807) is 24.3 Å². The number of carbonyl (C=O) groups is 2. The molecule has 17 heavy (non-hydrogen) atoms. The Bertz CT molecular complexity index is 414. The summed E-state index contributed by atoms with van der Waals surface area (Å²) in [6.45, 7) is 1.92. The molecule has 0 radical (unpaired) electrons. The molecule has 1 N–H and O–H groups in total. The molecule has 1 aromatic carbocycles. The maximum Gasteiger partial charge on any atom is 0.251 e. The highest BCUT2D eigenvalue weighted by atomic mass is 16.1. The zero-order valence-corrected chi connectivity index (χ0v) is 9.85. The van der Waals surface area contributed by atoms with Crippen LogP contribution in [0.1, 0.15) is 27.1 Å². The molecule has 1 atom stereocenters. The Morgan fingerprint density at radius 2 is 2.12 bits per heavy atom. The van der Waals surface area contributed by atoms with Crippen molar-refractivity contribution in [2.75, 3.05) is 20.1 Å². The summed E-state index contributed by atoms with van der Waals surface area (Å²) in [6.07, 6.45) is 1.77. The van der Waals surface area contributed by atoms with Gasteiger partial charge in [-0.05, 0) is 32.1 Å². The van der Waals surface area contributed by atoms with Gasteiger partial charge in [0.25, 0.3) is 5.91 Å². The Labute approximate surface area is 101 Å². The van der Waals surface area contributed by atoms with Crippen LogP contribution in [0.25, 0.3) is 0 Å². The van der Waals surface area contributed by atoms with Crippen LogP contribution in [0.4, 0.5) is 0 Å². The van der Waals surface area contributed by atoms with Crippen molar-refractivity contribution in [2.45, 2.75) is 12.5 Å². The summed E-state index contributed by atoms with van der Waals surface area (Å²) in [6, 6.07) is 6.90. The molecule has 1 amide bonds. The highest BCUT2D eigenvalue weighted by molar-refractivity contribution is 5.95. The largest absolute Gasteiger partial charge is 0.348 e. The Morgan fingerprint density at radius 1 is 1.41 bits per heavy atom. The lowest BCUT2D eigenvalue weighted by atomic mass is 10.1.